The molecule has 2 heterocycles. The molecule has 0 aromatic heterocycles. The Kier molecular flexibility index (Phi) is 13.8. The Bertz CT molecular complexity index is 1270. The minimum atomic E-state index is -2.03. The van der Waals surface area contributed by atoms with E-state index in [2.05, 4.69) is 15.6 Å². The lowest BCUT2D eigenvalue weighted by Crippen LogP contribution is -2.69. The van der Waals surface area contributed by atoms with Crippen LogP contribution in [0.3, 0.4) is 0 Å². The average Bonchev–Trinajstić information content (AvgIpc) is 3.14. The fourth-order valence-electron chi connectivity index (χ4n) is 9.95. The number of Topliss-reactive ketones (excluding diaryl/α,β-unsaturated/α-hetero) is 2. The van der Waals surface area contributed by atoms with Crippen molar-refractivity contribution in [2.24, 2.45) is 63.8 Å². The topological polar surface area (TPSA) is 289 Å². The predicted molar refractivity (Wildman–Crippen MR) is 184 cm³/mol. The van der Waals surface area contributed by atoms with Crippen molar-refractivity contribution in [3.05, 3.63) is 0 Å². The number of aliphatic imine (C=N–C) groups is 1. The molecule has 0 spiro atoms. The van der Waals surface area contributed by atoms with Crippen molar-refractivity contribution in [1.82, 2.24) is 10.6 Å². The van der Waals surface area contributed by atoms with Crippen molar-refractivity contribution in [3.63, 3.8) is 0 Å². The number of rotatable bonds is 13. The molecule has 3 saturated carbocycles. The van der Waals surface area contributed by atoms with E-state index >= 15 is 0 Å². The standard InChI is InChI=1S/C35H59N5O12/c1-38-34(37)40-13-19-17(4-3-9-41)11-18-26(29(19)45)30(46)27-22(12-21(50-2)20(14-42)25(27)28(18)44)51-33-31(47)32(48)35(49,23(15-43)52-33)7-5-16-6-8-39-24(36)10-16/h9,16-27,29,31-33,39,42-43,45,47-49H,3-8,10-15,36H2,1-2H3,(H3,37,38,40)/t16?,17?,18?,19?,20?,21?,22?,23-,24?,25?,26?,27?,29?,31-,32-,33+,35-/m1/s1. The highest BCUT2D eigenvalue weighted by Crippen LogP contribution is 2.53. The Hall–Kier alpha value is -2.16. The molecule has 12 N–H and O–H groups in total. The number of carbonyl (C=O) groups is 3. The van der Waals surface area contributed by atoms with E-state index in [0.29, 0.717) is 25.8 Å². The fraction of sp³-hybridized carbons (Fsp3) is 0.886. The van der Waals surface area contributed by atoms with Gasteiger partial charge in [-0.3, -0.25) is 14.6 Å². The van der Waals surface area contributed by atoms with Crippen LogP contribution in [-0.4, -0.2) is 150 Å². The second kappa shape index (κ2) is 17.5. The Morgan fingerprint density at radius 1 is 1.04 bits per heavy atom. The lowest BCUT2D eigenvalue weighted by Gasteiger charge is -2.55. The number of fused-ring (bicyclic) bond motifs is 2. The number of nitrogens with two attached hydrogens (primary N) is 2. The van der Waals surface area contributed by atoms with Crippen LogP contribution in [0.5, 0.6) is 0 Å². The predicted octanol–water partition coefficient (Wildman–Crippen LogP) is -3.24. The number of aliphatic hydroxyl groups excluding tert-OH is 5. The zero-order valence-electron chi connectivity index (χ0n) is 30.0. The number of methoxy groups -OCH3 is 1. The average molecular weight is 742 g/mol. The number of nitrogens with zero attached hydrogens (tertiary/aromatic N) is 1. The largest absolute Gasteiger partial charge is 0.396 e. The van der Waals surface area contributed by atoms with Crippen molar-refractivity contribution in [3.8, 4) is 0 Å². The van der Waals surface area contributed by atoms with Crippen LogP contribution in [0.1, 0.15) is 51.4 Å². The van der Waals surface area contributed by atoms with E-state index in [9.17, 15) is 45.0 Å². The number of nitrogens with one attached hydrogen (secondary N) is 2. The number of guanidine groups is 1. The van der Waals surface area contributed by atoms with Gasteiger partial charge in [-0.2, -0.15) is 0 Å². The molecular weight excluding hydrogens is 682 g/mol. The molecule has 0 amide bonds. The lowest BCUT2D eigenvalue weighted by molar-refractivity contribution is -0.347. The minimum absolute atomic E-state index is 0.00145. The molecule has 0 bridgehead atoms. The normalized spacial score (nSPS) is 45.6. The third kappa shape index (κ3) is 7.96. The summed E-state index contributed by atoms with van der Waals surface area (Å²) in [7, 11) is 2.91. The van der Waals surface area contributed by atoms with E-state index < -0.39 is 103 Å². The third-order valence-electron chi connectivity index (χ3n) is 12.8. The Morgan fingerprint density at radius 3 is 2.42 bits per heavy atom. The highest BCUT2D eigenvalue weighted by Gasteiger charge is 2.64. The zero-order valence-corrected chi connectivity index (χ0v) is 30.0. The Morgan fingerprint density at radius 2 is 1.79 bits per heavy atom. The van der Waals surface area contributed by atoms with E-state index in [4.69, 9.17) is 25.7 Å². The van der Waals surface area contributed by atoms with Gasteiger partial charge in [0, 0.05) is 63.8 Å². The van der Waals surface area contributed by atoms with Gasteiger partial charge in [0.2, 0.25) is 0 Å². The number of hydrogen-bond acceptors (Lipinski definition) is 15. The van der Waals surface area contributed by atoms with Crippen molar-refractivity contribution in [1.29, 1.82) is 0 Å². The van der Waals surface area contributed by atoms with Gasteiger partial charge in [-0.25, -0.2) is 0 Å². The number of hydrogen-bond donors (Lipinski definition) is 10. The summed E-state index contributed by atoms with van der Waals surface area (Å²) in [6.45, 7) is -0.329. The summed E-state index contributed by atoms with van der Waals surface area (Å²) in [5, 5.41) is 73.1. The molecule has 5 aliphatic rings. The van der Waals surface area contributed by atoms with E-state index in [1.54, 1.807) is 0 Å². The summed E-state index contributed by atoms with van der Waals surface area (Å²) < 4.78 is 18.0. The van der Waals surface area contributed by atoms with Crippen molar-refractivity contribution < 1.29 is 59.2 Å². The van der Waals surface area contributed by atoms with Crippen LogP contribution in [0, 0.1) is 47.3 Å². The molecule has 5 fully saturated rings. The number of aldehydes is 1. The van der Waals surface area contributed by atoms with Gasteiger partial charge >= 0.3 is 0 Å². The molecule has 2 saturated heterocycles. The molecular formula is C35H59N5O12. The fourth-order valence-corrected chi connectivity index (χ4v) is 9.95. The van der Waals surface area contributed by atoms with Crippen molar-refractivity contribution in [2.75, 3.05) is 40.5 Å². The van der Waals surface area contributed by atoms with E-state index in [-0.39, 0.29) is 62.0 Å². The molecule has 17 atom stereocenters. The van der Waals surface area contributed by atoms with Gasteiger partial charge in [-0.1, -0.05) is 0 Å². The minimum Gasteiger partial charge on any atom is -0.396 e. The van der Waals surface area contributed by atoms with Gasteiger partial charge in [-0.15, -0.1) is 0 Å². The highest BCUT2D eigenvalue weighted by molar-refractivity contribution is 6.01. The molecule has 17 heteroatoms. The first kappa shape index (κ1) is 41.0. The van der Waals surface area contributed by atoms with Crippen molar-refractivity contribution >= 4 is 23.8 Å². The number of ketones is 2. The van der Waals surface area contributed by atoms with Crippen LogP contribution < -0.4 is 22.1 Å². The van der Waals surface area contributed by atoms with Crippen LogP contribution >= 0.6 is 0 Å². The summed E-state index contributed by atoms with van der Waals surface area (Å²) in [5.74, 6) is -6.40. The molecule has 3 aliphatic carbocycles. The van der Waals surface area contributed by atoms with E-state index in [1.807, 2.05) is 0 Å². The maximum atomic E-state index is 14.7. The van der Waals surface area contributed by atoms with E-state index in [1.165, 1.54) is 14.2 Å². The quantitative estimate of drug-likeness (QED) is 0.0504. The molecule has 2 aliphatic heterocycles. The third-order valence-corrected chi connectivity index (χ3v) is 12.8. The monoisotopic (exact) mass is 741 g/mol. The second-order valence-electron chi connectivity index (χ2n) is 15.5. The Balaban J connectivity index is 1.40. The first-order valence-corrected chi connectivity index (χ1v) is 18.6. The molecule has 0 aromatic rings. The molecule has 17 nitrogen and oxygen atoms in total. The van der Waals surface area contributed by atoms with Gasteiger partial charge in [0.05, 0.1) is 42.9 Å². The van der Waals surface area contributed by atoms with Crippen LogP contribution in [0.4, 0.5) is 0 Å². The van der Waals surface area contributed by atoms with Gasteiger partial charge in [0.15, 0.2) is 12.2 Å². The smallest absolute Gasteiger partial charge is 0.188 e. The van der Waals surface area contributed by atoms with Crippen LogP contribution in [0.15, 0.2) is 4.99 Å². The molecule has 296 valence electrons. The van der Waals surface area contributed by atoms with Crippen LogP contribution in [0.25, 0.3) is 0 Å². The van der Waals surface area contributed by atoms with E-state index in [0.717, 1.165) is 12.7 Å². The summed E-state index contributed by atoms with van der Waals surface area (Å²) in [4.78, 5) is 44.4. The zero-order chi connectivity index (χ0) is 37.9. The van der Waals surface area contributed by atoms with Gasteiger partial charge in [0.25, 0.3) is 0 Å². The lowest BCUT2D eigenvalue weighted by atomic mass is 9.51. The first-order chi connectivity index (χ1) is 24.8. The Labute approximate surface area is 303 Å². The highest BCUT2D eigenvalue weighted by atomic mass is 16.7. The van der Waals surface area contributed by atoms with Gasteiger partial charge in [-0.05, 0) is 56.9 Å². The van der Waals surface area contributed by atoms with Gasteiger partial charge in [0.1, 0.15) is 41.8 Å². The van der Waals surface area contributed by atoms with Crippen LogP contribution in [-0.2, 0) is 28.6 Å². The summed E-state index contributed by atoms with van der Waals surface area (Å²) in [6.07, 6.45) is -6.45. The molecule has 0 aromatic carbocycles. The summed E-state index contributed by atoms with van der Waals surface area (Å²) in [5.41, 5.74) is 9.87. The number of aliphatic hydroxyl groups is 6. The van der Waals surface area contributed by atoms with Crippen LogP contribution in [0.2, 0.25) is 0 Å². The molecule has 5 rings (SSSR count). The SMILES string of the molecule is CN=C(N)NCC1C(CCC=O)CC2C(=O)C3C(CO)C(OC)CC(O[C@H]4O[C@H](CO)[C@](O)(CCC5CCNC(N)C5)[C@H](O)[C@H]4O)C3C(=O)C2C1O. The molecule has 52 heavy (non-hydrogen) atoms. The maximum Gasteiger partial charge on any atom is 0.188 e. The first-order valence-electron chi connectivity index (χ1n) is 18.6. The summed E-state index contributed by atoms with van der Waals surface area (Å²) in [6, 6.07) is 0. The second-order valence-corrected chi connectivity index (χ2v) is 15.5. The van der Waals surface area contributed by atoms with Crippen molar-refractivity contribution in [2.45, 2.75) is 106 Å². The maximum absolute atomic E-state index is 14.7. The molecule has 0 radical (unpaired) electrons. The number of carbonyl (C=O) groups excluding carboxylic acids is 3. The number of piperidine rings is 1. The van der Waals surface area contributed by atoms with Gasteiger partial charge < -0.3 is 71.7 Å². The summed E-state index contributed by atoms with van der Waals surface area (Å²) >= 11 is 0. The number of ether oxygens (including phenoxy) is 3. The molecule has 12 unspecified atom stereocenters.